The molecule has 4 rings (SSSR count). The molecule has 2 aliphatic rings. The second-order valence-corrected chi connectivity index (χ2v) is 7.78. The van der Waals surface area contributed by atoms with E-state index >= 15 is 0 Å². The lowest BCUT2D eigenvalue weighted by molar-refractivity contribution is -0.134. The molecule has 0 unspecified atom stereocenters. The van der Waals surface area contributed by atoms with Crippen LogP contribution in [0.25, 0.3) is 0 Å². The highest BCUT2D eigenvalue weighted by Gasteiger charge is 2.50. The van der Waals surface area contributed by atoms with E-state index in [0.717, 1.165) is 37.2 Å². The molecular formula is C22H25ClN2O3. The molecule has 5 nitrogen and oxygen atoms in total. The van der Waals surface area contributed by atoms with Crippen LogP contribution in [0.4, 0.5) is 5.69 Å². The van der Waals surface area contributed by atoms with Crippen LogP contribution in [-0.2, 0) is 9.53 Å². The number of aryl methyl sites for hydroxylation is 1. The second kappa shape index (κ2) is 8.52. The van der Waals surface area contributed by atoms with Crippen LogP contribution < -0.4 is 15.0 Å². The summed E-state index contributed by atoms with van der Waals surface area (Å²) in [4.78, 5) is 14.8. The van der Waals surface area contributed by atoms with Gasteiger partial charge in [0.25, 0.3) is 5.91 Å². The topological polar surface area (TPSA) is 50.8 Å². The Morgan fingerprint density at radius 1 is 1.18 bits per heavy atom. The summed E-state index contributed by atoms with van der Waals surface area (Å²) in [6, 6.07) is 15.0. The van der Waals surface area contributed by atoms with Gasteiger partial charge in [0.05, 0.1) is 12.1 Å². The van der Waals surface area contributed by atoms with Gasteiger partial charge in [-0.05, 0) is 55.7 Å². The number of para-hydroxylation sites is 1. The van der Waals surface area contributed by atoms with Gasteiger partial charge >= 0.3 is 0 Å². The number of anilines is 1. The molecule has 28 heavy (non-hydrogen) atoms. The summed E-state index contributed by atoms with van der Waals surface area (Å²) in [7, 11) is 0. The highest BCUT2D eigenvalue weighted by Crippen LogP contribution is 2.33. The van der Waals surface area contributed by atoms with Gasteiger partial charge in [-0.3, -0.25) is 4.79 Å². The molecule has 3 atom stereocenters. The summed E-state index contributed by atoms with van der Waals surface area (Å²) in [5.41, 5.74) is 2.01. The Morgan fingerprint density at radius 2 is 1.96 bits per heavy atom. The maximum absolute atomic E-state index is 12.9. The smallest absolute Gasteiger partial charge is 0.270 e. The normalized spacial score (nSPS) is 24.3. The zero-order chi connectivity index (χ0) is 19.5. The summed E-state index contributed by atoms with van der Waals surface area (Å²) in [6.45, 7) is 4.30. The van der Waals surface area contributed by atoms with Crippen LogP contribution in [0.1, 0.15) is 18.4 Å². The average molecular weight is 401 g/mol. The summed E-state index contributed by atoms with van der Waals surface area (Å²) in [5.74, 6) is 0.629. The Bertz CT molecular complexity index is 821. The fourth-order valence-corrected chi connectivity index (χ4v) is 3.96. The predicted molar refractivity (Wildman–Crippen MR) is 110 cm³/mol. The van der Waals surface area contributed by atoms with Crippen molar-refractivity contribution in [2.24, 2.45) is 0 Å². The number of rotatable bonds is 7. The fraction of sp³-hybridized carbons (Fsp3) is 0.409. The van der Waals surface area contributed by atoms with Crippen LogP contribution in [0.2, 0.25) is 5.02 Å². The van der Waals surface area contributed by atoms with E-state index in [0.29, 0.717) is 17.3 Å². The number of hydrogen-bond acceptors (Lipinski definition) is 4. The molecule has 0 aromatic heterocycles. The summed E-state index contributed by atoms with van der Waals surface area (Å²) >= 11 is 5.95. The van der Waals surface area contributed by atoms with Crippen molar-refractivity contribution >= 4 is 23.2 Å². The van der Waals surface area contributed by atoms with Crippen molar-refractivity contribution in [1.29, 1.82) is 0 Å². The second-order valence-electron chi connectivity index (χ2n) is 7.35. The zero-order valence-corrected chi connectivity index (χ0v) is 16.7. The first kappa shape index (κ1) is 19.2. The third-order valence-electron chi connectivity index (χ3n) is 5.36. The molecule has 0 bridgehead atoms. The number of amides is 1. The van der Waals surface area contributed by atoms with Gasteiger partial charge in [0.15, 0.2) is 6.10 Å². The Kier molecular flexibility index (Phi) is 5.85. The molecule has 1 N–H and O–H groups in total. The molecule has 1 amide bonds. The molecule has 2 heterocycles. The van der Waals surface area contributed by atoms with E-state index in [1.54, 1.807) is 24.3 Å². The third kappa shape index (κ3) is 4.02. The summed E-state index contributed by atoms with van der Waals surface area (Å²) < 4.78 is 11.7. The molecule has 6 heteroatoms. The van der Waals surface area contributed by atoms with Crippen LogP contribution in [-0.4, -0.2) is 43.9 Å². The number of carbonyl (C=O) groups is 1. The number of hydrogen-bond donors (Lipinski definition) is 1. The highest BCUT2D eigenvalue weighted by atomic mass is 35.5. The Hall–Kier alpha value is -2.08. The lowest BCUT2D eigenvalue weighted by Crippen LogP contribution is -2.70. The first-order chi connectivity index (χ1) is 13.6. The number of benzene rings is 2. The number of nitrogens with one attached hydrogen (secondary N) is 1. The molecule has 0 saturated carbocycles. The molecule has 0 aliphatic carbocycles. The van der Waals surface area contributed by atoms with Gasteiger partial charge in [-0.1, -0.05) is 29.8 Å². The van der Waals surface area contributed by atoms with E-state index in [-0.39, 0.29) is 18.1 Å². The number of carbonyl (C=O) groups excluding carboxylic acids is 1. The molecule has 2 aliphatic heterocycles. The number of nitrogens with zero attached hydrogens (tertiary/aromatic N) is 1. The van der Waals surface area contributed by atoms with E-state index in [1.807, 2.05) is 36.1 Å². The zero-order valence-electron chi connectivity index (χ0n) is 15.9. The lowest BCUT2D eigenvalue weighted by Gasteiger charge is -2.47. The van der Waals surface area contributed by atoms with Crippen molar-refractivity contribution in [2.45, 2.75) is 38.0 Å². The van der Waals surface area contributed by atoms with E-state index in [2.05, 4.69) is 5.32 Å². The molecule has 148 valence electrons. The van der Waals surface area contributed by atoms with E-state index in [4.69, 9.17) is 21.1 Å². The summed E-state index contributed by atoms with van der Waals surface area (Å²) in [5, 5.41) is 4.12. The first-order valence-corrected chi connectivity index (χ1v) is 10.1. The van der Waals surface area contributed by atoms with Gasteiger partial charge in [-0.2, -0.15) is 0 Å². The highest BCUT2D eigenvalue weighted by molar-refractivity contribution is 6.30. The van der Waals surface area contributed by atoms with Gasteiger partial charge in [0, 0.05) is 30.4 Å². The summed E-state index contributed by atoms with van der Waals surface area (Å²) in [6.07, 6.45) is 1.95. The molecular weight excluding hydrogens is 376 g/mol. The maximum Gasteiger partial charge on any atom is 0.270 e. The Balaban J connectivity index is 1.48. The molecule has 2 fully saturated rings. The van der Waals surface area contributed by atoms with Gasteiger partial charge in [-0.15, -0.1) is 0 Å². The van der Waals surface area contributed by atoms with Crippen LogP contribution >= 0.6 is 11.6 Å². The SMILES string of the molecule is Cc1ccccc1N1C(=O)[C@H](Oc2ccc(Cl)cc2)[C@H]1CNC[C@H]1CCCO1. The van der Waals surface area contributed by atoms with Crippen molar-refractivity contribution in [3.63, 3.8) is 0 Å². The maximum atomic E-state index is 12.9. The molecule has 2 saturated heterocycles. The van der Waals surface area contributed by atoms with E-state index < -0.39 is 6.10 Å². The largest absolute Gasteiger partial charge is 0.478 e. The Labute approximate surface area is 170 Å². The van der Waals surface area contributed by atoms with Crippen molar-refractivity contribution in [1.82, 2.24) is 5.32 Å². The van der Waals surface area contributed by atoms with Crippen LogP contribution in [0.5, 0.6) is 5.75 Å². The van der Waals surface area contributed by atoms with Gasteiger partial charge in [0.2, 0.25) is 0 Å². The minimum atomic E-state index is -0.516. The lowest BCUT2D eigenvalue weighted by atomic mass is 9.95. The molecule has 0 spiro atoms. The van der Waals surface area contributed by atoms with Crippen LogP contribution in [0, 0.1) is 6.92 Å². The van der Waals surface area contributed by atoms with Crippen molar-refractivity contribution in [2.75, 3.05) is 24.6 Å². The predicted octanol–water partition coefficient (Wildman–Crippen LogP) is 3.58. The molecule has 0 radical (unpaired) electrons. The Morgan fingerprint density at radius 3 is 2.68 bits per heavy atom. The first-order valence-electron chi connectivity index (χ1n) is 9.77. The van der Waals surface area contributed by atoms with Gasteiger partial charge in [-0.25, -0.2) is 0 Å². The molecule has 2 aromatic carbocycles. The quantitative estimate of drug-likeness (QED) is 0.722. The van der Waals surface area contributed by atoms with E-state index in [9.17, 15) is 4.79 Å². The van der Waals surface area contributed by atoms with Crippen molar-refractivity contribution in [3.05, 3.63) is 59.1 Å². The minimum Gasteiger partial charge on any atom is -0.478 e. The number of ether oxygens (including phenoxy) is 2. The standard InChI is InChI=1S/C22H25ClN2O3/c1-15-5-2-3-7-19(15)25-20(14-24-13-18-6-4-12-27-18)21(22(25)26)28-17-10-8-16(23)9-11-17/h2-3,5,7-11,18,20-21,24H,4,6,12-14H2,1H3/t18-,20-,21-/m1/s1. The van der Waals surface area contributed by atoms with Crippen LogP contribution in [0.15, 0.2) is 48.5 Å². The third-order valence-corrected chi connectivity index (χ3v) is 5.62. The van der Waals surface area contributed by atoms with Crippen molar-refractivity contribution < 1.29 is 14.3 Å². The number of β-lactam (4-membered cyclic amide) rings is 1. The minimum absolute atomic E-state index is 0.0202. The number of halogens is 1. The van der Waals surface area contributed by atoms with Crippen LogP contribution in [0.3, 0.4) is 0 Å². The van der Waals surface area contributed by atoms with Gasteiger partial charge in [0.1, 0.15) is 5.75 Å². The fourth-order valence-electron chi connectivity index (χ4n) is 3.83. The van der Waals surface area contributed by atoms with Gasteiger partial charge < -0.3 is 19.7 Å². The van der Waals surface area contributed by atoms with Crippen molar-refractivity contribution in [3.8, 4) is 5.75 Å². The monoisotopic (exact) mass is 400 g/mol. The average Bonchev–Trinajstić information content (AvgIpc) is 3.21. The molecule has 2 aromatic rings. The van der Waals surface area contributed by atoms with E-state index in [1.165, 1.54) is 0 Å².